The Balaban J connectivity index is 1.69. The zero-order chi connectivity index (χ0) is 15.9. The van der Waals surface area contributed by atoms with Gasteiger partial charge in [-0.3, -0.25) is 9.59 Å². The summed E-state index contributed by atoms with van der Waals surface area (Å²) in [5.74, 6) is 0.637. The number of nitrogens with one attached hydrogen (secondary N) is 1. The van der Waals surface area contributed by atoms with Gasteiger partial charge in [0.2, 0.25) is 11.8 Å². The predicted molar refractivity (Wildman–Crippen MR) is 87.3 cm³/mol. The Bertz CT molecular complexity index is 501. The van der Waals surface area contributed by atoms with Crippen molar-refractivity contribution in [2.24, 2.45) is 5.92 Å². The number of likely N-dealkylation sites (tertiary alicyclic amines) is 1. The number of rotatable bonds is 6. The molecule has 1 fully saturated rings. The summed E-state index contributed by atoms with van der Waals surface area (Å²) in [7, 11) is 1.79. The zero-order valence-electron chi connectivity index (χ0n) is 13.5. The Morgan fingerprint density at radius 1 is 1.36 bits per heavy atom. The second-order valence-electron chi connectivity index (χ2n) is 6.41. The average Bonchev–Trinajstić information content (AvgIpc) is 2.50. The molecule has 4 heteroatoms. The van der Waals surface area contributed by atoms with Gasteiger partial charge in [-0.2, -0.15) is 0 Å². The molecule has 1 N–H and O–H groups in total. The minimum atomic E-state index is 0.105. The van der Waals surface area contributed by atoms with E-state index in [1.165, 1.54) is 5.56 Å². The van der Waals surface area contributed by atoms with Crippen LogP contribution in [0.1, 0.15) is 38.2 Å². The highest BCUT2D eigenvalue weighted by molar-refractivity contribution is 5.79. The van der Waals surface area contributed by atoms with Crippen LogP contribution in [0.5, 0.6) is 0 Å². The van der Waals surface area contributed by atoms with Crippen LogP contribution >= 0.6 is 0 Å². The number of nitrogens with zero attached hydrogens (tertiary/aromatic N) is 1. The van der Waals surface area contributed by atoms with Gasteiger partial charge in [0, 0.05) is 32.5 Å². The standard InChI is InChI=1S/C18H26N2O2/c1-14(8-9-15-6-4-3-5-7-15)12-17(21)19-16-10-11-18(22)20(2)13-16/h3-7,14,16H,8-13H2,1-2H3,(H,19,21). The number of likely N-dealkylation sites (N-methyl/N-ethyl adjacent to an activating group) is 1. The first-order valence-corrected chi connectivity index (χ1v) is 8.12. The minimum Gasteiger partial charge on any atom is -0.352 e. The third kappa shape index (κ3) is 5.17. The normalized spacial score (nSPS) is 19.8. The summed E-state index contributed by atoms with van der Waals surface area (Å²) in [6.45, 7) is 2.75. The monoisotopic (exact) mass is 302 g/mol. The van der Waals surface area contributed by atoms with Crippen LogP contribution in [0, 0.1) is 5.92 Å². The Kier molecular flexibility index (Phi) is 5.99. The van der Waals surface area contributed by atoms with Gasteiger partial charge < -0.3 is 10.2 Å². The van der Waals surface area contributed by atoms with Crippen LogP contribution in [-0.2, 0) is 16.0 Å². The highest BCUT2D eigenvalue weighted by Crippen LogP contribution is 2.14. The molecule has 2 atom stereocenters. The van der Waals surface area contributed by atoms with Crippen LogP contribution in [0.2, 0.25) is 0 Å². The molecule has 4 nitrogen and oxygen atoms in total. The fraction of sp³-hybridized carbons (Fsp3) is 0.556. The summed E-state index contributed by atoms with van der Waals surface area (Å²) in [5, 5.41) is 3.07. The van der Waals surface area contributed by atoms with Gasteiger partial charge in [-0.05, 0) is 30.7 Å². The first-order valence-electron chi connectivity index (χ1n) is 8.12. The Hall–Kier alpha value is -1.84. The number of benzene rings is 1. The van der Waals surface area contributed by atoms with E-state index in [0.717, 1.165) is 19.3 Å². The third-order valence-electron chi connectivity index (χ3n) is 4.29. The maximum atomic E-state index is 12.1. The lowest BCUT2D eigenvalue weighted by Crippen LogP contribution is -2.48. The van der Waals surface area contributed by atoms with E-state index in [2.05, 4.69) is 24.4 Å². The maximum absolute atomic E-state index is 12.1. The van der Waals surface area contributed by atoms with Crippen LogP contribution in [0.4, 0.5) is 0 Å². The van der Waals surface area contributed by atoms with Crippen LogP contribution in [-0.4, -0.2) is 36.3 Å². The van der Waals surface area contributed by atoms with Gasteiger partial charge in [-0.15, -0.1) is 0 Å². The molecule has 0 aromatic heterocycles. The summed E-state index contributed by atoms with van der Waals surface area (Å²) in [6, 6.07) is 10.5. The molecule has 0 aliphatic carbocycles. The minimum absolute atomic E-state index is 0.105. The van der Waals surface area contributed by atoms with Gasteiger partial charge in [0.25, 0.3) is 0 Å². The lowest BCUT2D eigenvalue weighted by Gasteiger charge is -2.30. The summed E-state index contributed by atoms with van der Waals surface area (Å²) in [6.07, 6.45) is 3.87. The second kappa shape index (κ2) is 7.97. The highest BCUT2D eigenvalue weighted by atomic mass is 16.2. The molecular formula is C18H26N2O2. The molecule has 120 valence electrons. The van der Waals surface area contributed by atoms with E-state index in [1.54, 1.807) is 11.9 Å². The van der Waals surface area contributed by atoms with Gasteiger partial charge in [-0.25, -0.2) is 0 Å². The Morgan fingerprint density at radius 3 is 2.77 bits per heavy atom. The largest absolute Gasteiger partial charge is 0.352 e. The molecule has 0 spiro atoms. The number of amides is 2. The number of carbonyl (C=O) groups excluding carboxylic acids is 2. The number of hydrogen-bond donors (Lipinski definition) is 1. The van der Waals surface area contributed by atoms with Crippen molar-refractivity contribution in [3.8, 4) is 0 Å². The topological polar surface area (TPSA) is 49.4 Å². The molecule has 0 bridgehead atoms. The van der Waals surface area contributed by atoms with E-state index < -0.39 is 0 Å². The predicted octanol–water partition coefficient (Wildman–Crippen LogP) is 2.38. The fourth-order valence-corrected chi connectivity index (χ4v) is 2.89. The van der Waals surface area contributed by atoms with E-state index >= 15 is 0 Å². The molecule has 1 aromatic carbocycles. The molecule has 2 rings (SSSR count). The lowest BCUT2D eigenvalue weighted by atomic mass is 9.97. The summed E-state index contributed by atoms with van der Waals surface area (Å²) in [5.41, 5.74) is 1.32. The number of aryl methyl sites for hydroxylation is 1. The lowest BCUT2D eigenvalue weighted by molar-refractivity contribution is -0.134. The zero-order valence-corrected chi connectivity index (χ0v) is 13.5. The molecule has 22 heavy (non-hydrogen) atoms. The first kappa shape index (κ1) is 16.5. The van der Waals surface area contributed by atoms with E-state index in [4.69, 9.17) is 0 Å². The van der Waals surface area contributed by atoms with Crippen molar-refractivity contribution < 1.29 is 9.59 Å². The van der Waals surface area contributed by atoms with Crippen LogP contribution in [0.25, 0.3) is 0 Å². The molecule has 2 unspecified atom stereocenters. The first-order chi connectivity index (χ1) is 10.5. The van der Waals surface area contributed by atoms with E-state index in [1.807, 2.05) is 18.2 Å². The second-order valence-corrected chi connectivity index (χ2v) is 6.41. The van der Waals surface area contributed by atoms with Gasteiger partial charge in [0.05, 0.1) is 0 Å². The maximum Gasteiger partial charge on any atom is 0.222 e. The van der Waals surface area contributed by atoms with E-state index in [-0.39, 0.29) is 17.9 Å². The summed E-state index contributed by atoms with van der Waals surface area (Å²) < 4.78 is 0. The summed E-state index contributed by atoms with van der Waals surface area (Å²) in [4.78, 5) is 25.2. The van der Waals surface area contributed by atoms with Crippen molar-refractivity contribution in [2.45, 2.75) is 45.1 Å². The van der Waals surface area contributed by atoms with Crippen molar-refractivity contribution in [3.05, 3.63) is 35.9 Å². The molecule has 1 aliphatic rings. The van der Waals surface area contributed by atoms with Crippen LogP contribution < -0.4 is 5.32 Å². The van der Waals surface area contributed by atoms with E-state index in [0.29, 0.717) is 25.3 Å². The smallest absolute Gasteiger partial charge is 0.222 e. The van der Waals surface area contributed by atoms with Crippen LogP contribution in [0.15, 0.2) is 30.3 Å². The van der Waals surface area contributed by atoms with Gasteiger partial charge in [0.1, 0.15) is 0 Å². The number of hydrogen-bond acceptors (Lipinski definition) is 2. The fourth-order valence-electron chi connectivity index (χ4n) is 2.89. The molecule has 2 amide bonds. The molecule has 1 saturated heterocycles. The highest BCUT2D eigenvalue weighted by Gasteiger charge is 2.24. The molecule has 1 aromatic rings. The van der Waals surface area contributed by atoms with Crippen molar-refractivity contribution >= 4 is 11.8 Å². The van der Waals surface area contributed by atoms with Gasteiger partial charge in [-0.1, -0.05) is 37.3 Å². The quantitative estimate of drug-likeness (QED) is 0.877. The van der Waals surface area contributed by atoms with Gasteiger partial charge in [0.15, 0.2) is 0 Å². The SMILES string of the molecule is CC(CCc1ccccc1)CC(=O)NC1CCC(=O)N(C)C1. The van der Waals surface area contributed by atoms with Crippen LogP contribution in [0.3, 0.4) is 0 Å². The Morgan fingerprint density at radius 2 is 2.09 bits per heavy atom. The summed E-state index contributed by atoms with van der Waals surface area (Å²) >= 11 is 0. The average molecular weight is 302 g/mol. The molecule has 0 saturated carbocycles. The molecule has 1 aliphatic heterocycles. The van der Waals surface area contributed by atoms with Crippen molar-refractivity contribution in [2.75, 3.05) is 13.6 Å². The van der Waals surface area contributed by atoms with Crippen molar-refractivity contribution in [1.29, 1.82) is 0 Å². The Labute approximate surface area is 132 Å². The molecule has 0 radical (unpaired) electrons. The van der Waals surface area contributed by atoms with Gasteiger partial charge >= 0.3 is 0 Å². The van der Waals surface area contributed by atoms with E-state index in [9.17, 15) is 9.59 Å². The number of carbonyl (C=O) groups is 2. The van der Waals surface area contributed by atoms with Crippen molar-refractivity contribution in [1.82, 2.24) is 10.2 Å². The number of piperidine rings is 1. The third-order valence-corrected chi connectivity index (χ3v) is 4.29. The molecule has 1 heterocycles. The van der Waals surface area contributed by atoms with Crippen molar-refractivity contribution in [3.63, 3.8) is 0 Å². The molecular weight excluding hydrogens is 276 g/mol.